The second-order valence-corrected chi connectivity index (χ2v) is 4.33. The highest BCUT2D eigenvalue weighted by Crippen LogP contribution is 2.18. The van der Waals surface area contributed by atoms with Gasteiger partial charge in [0.1, 0.15) is 0 Å². The molecule has 2 aromatic heterocycles. The van der Waals surface area contributed by atoms with Gasteiger partial charge in [0.25, 0.3) is 0 Å². The van der Waals surface area contributed by atoms with Crippen molar-refractivity contribution in [2.24, 2.45) is 0 Å². The van der Waals surface area contributed by atoms with Gasteiger partial charge in [-0.1, -0.05) is 0 Å². The Labute approximate surface area is 97.2 Å². The standard InChI is InChI=1S/C11H13BrN2O/c1-15-6-2-4-14-5-3-10-11(14)7-9(12)8-13-10/h3,5,7-8H,2,4,6H2,1H3. The van der Waals surface area contributed by atoms with Gasteiger partial charge in [0.05, 0.1) is 11.0 Å². The fraction of sp³-hybridized carbons (Fsp3) is 0.364. The molecule has 0 saturated heterocycles. The summed E-state index contributed by atoms with van der Waals surface area (Å²) in [7, 11) is 1.73. The number of halogens is 1. The van der Waals surface area contributed by atoms with Crippen LogP contribution in [0.2, 0.25) is 0 Å². The molecule has 3 nitrogen and oxygen atoms in total. The molecule has 2 aromatic rings. The van der Waals surface area contributed by atoms with E-state index in [4.69, 9.17) is 4.74 Å². The van der Waals surface area contributed by atoms with Crippen molar-refractivity contribution in [1.29, 1.82) is 0 Å². The SMILES string of the molecule is COCCCn1ccc2ncc(Br)cc21. The molecule has 0 fully saturated rings. The van der Waals surface area contributed by atoms with Crippen molar-refractivity contribution in [1.82, 2.24) is 9.55 Å². The third-order valence-corrected chi connectivity index (χ3v) is 2.77. The average Bonchev–Trinajstić information content (AvgIpc) is 2.62. The first-order valence-corrected chi connectivity index (χ1v) is 5.70. The lowest BCUT2D eigenvalue weighted by Gasteiger charge is -2.04. The molecular formula is C11H13BrN2O. The molecule has 0 saturated carbocycles. The highest BCUT2D eigenvalue weighted by molar-refractivity contribution is 9.10. The molecule has 0 bridgehead atoms. The molecule has 15 heavy (non-hydrogen) atoms. The Balaban J connectivity index is 2.23. The lowest BCUT2D eigenvalue weighted by Crippen LogP contribution is -1.99. The van der Waals surface area contributed by atoms with Gasteiger partial charge in [-0.15, -0.1) is 0 Å². The topological polar surface area (TPSA) is 27.1 Å². The molecule has 0 aliphatic rings. The molecule has 0 aromatic carbocycles. The number of aryl methyl sites for hydroxylation is 1. The van der Waals surface area contributed by atoms with E-state index in [0.717, 1.165) is 29.6 Å². The Bertz CT molecular complexity index is 453. The molecule has 0 spiro atoms. The van der Waals surface area contributed by atoms with E-state index in [2.05, 4.69) is 37.7 Å². The fourth-order valence-electron chi connectivity index (χ4n) is 1.61. The molecule has 0 unspecified atom stereocenters. The van der Waals surface area contributed by atoms with Crippen LogP contribution in [0.3, 0.4) is 0 Å². The van der Waals surface area contributed by atoms with Crippen molar-refractivity contribution in [3.63, 3.8) is 0 Å². The second kappa shape index (κ2) is 4.77. The zero-order valence-corrected chi connectivity index (χ0v) is 10.2. The number of fused-ring (bicyclic) bond motifs is 1. The van der Waals surface area contributed by atoms with Gasteiger partial charge in [0.15, 0.2) is 0 Å². The van der Waals surface area contributed by atoms with Crippen molar-refractivity contribution in [2.45, 2.75) is 13.0 Å². The van der Waals surface area contributed by atoms with Crippen LogP contribution >= 0.6 is 15.9 Å². The predicted molar refractivity (Wildman–Crippen MR) is 63.9 cm³/mol. The Morgan fingerprint density at radius 3 is 3.20 bits per heavy atom. The van der Waals surface area contributed by atoms with Crippen LogP contribution in [0.4, 0.5) is 0 Å². The summed E-state index contributed by atoms with van der Waals surface area (Å²) in [4.78, 5) is 4.33. The Hall–Kier alpha value is -0.870. The number of aromatic nitrogens is 2. The molecule has 0 atom stereocenters. The number of rotatable bonds is 4. The number of hydrogen-bond acceptors (Lipinski definition) is 2. The molecule has 80 valence electrons. The molecule has 0 amide bonds. The first-order valence-electron chi connectivity index (χ1n) is 4.90. The summed E-state index contributed by atoms with van der Waals surface area (Å²) in [6, 6.07) is 4.13. The van der Waals surface area contributed by atoms with Crippen molar-refractivity contribution in [3.8, 4) is 0 Å². The van der Waals surface area contributed by atoms with Crippen LogP contribution in [-0.2, 0) is 11.3 Å². The van der Waals surface area contributed by atoms with Crippen LogP contribution in [-0.4, -0.2) is 23.3 Å². The lowest BCUT2D eigenvalue weighted by atomic mass is 10.4. The van der Waals surface area contributed by atoms with Crippen molar-refractivity contribution < 1.29 is 4.74 Å². The highest BCUT2D eigenvalue weighted by Gasteiger charge is 2.02. The van der Waals surface area contributed by atoms with Gasteiger partial charge in [-0.05, 0) is 34.5 Å². The zero-order chi connectivity index (χ0) is 10.7. The number of nitrogens with zero attached hydrogens (tertiary/aromatic N) is 2. The minimum Gasteiger partial charge on any atom is -0.385 e. The molecule has 4 heteroatoms. The van der Waals surface area contributed by atoms with Gasteiger partial charge < -0.3 is 9.30 Å². The van der Waals surface area contributed by atoms with Crippen LogP contribution < -0.4 is 0 Å². The van der Waals surface area contributed by atoms with E-state index in [1.165, 1.54) is 5.52 Å². The lowest BCUT2D eigenvalue weighted by molar-refractivity contribution is 0.190. The number of ether oxygens (including phenoxy) is 1. The van der Waals surface area contributed by atoms with Crippen LogP contribution in [0, 0.1) is 0 Å². The van der Waals surface area contributed by atoms with E-state index in [9.17, 15) is 0 Å². The Kier molecular flexibility index (Phi) is 3.38. The zero-order valence-electron chi connectivity index (χ0n) is 8.61. The summed E-state index contributed by atoms with van der Waals surface area (Å²) in [5, 5.41) is 0. The molecule has 2 rings (SSSR count). The number of pyridine rings is 1. The molecule has 0 aliphatic heterocycles. The molecule has 2 heterocycles. The van der Waals surface area contributed by atoms with E-state index in [0.29, 0.717) is 0 Å². The van der Waals surface area contributed by atoms with Gasteiger partial charge in [-0.25, -0.2) is 0 Å². The van der Waals surface area contributed by atoms with E-state index in [-0.39, 0.29) is 0 Å². The maximum absolute atomic E-state index is 5.04. The van der Waals surface area contributed by atoms with Gasteiger partial charge in [0.2, 0.25) is 0 Å². The summed E-state index contributed by atoms with van der Waals surface area (Å²) in [5.41, 5.74) is 2.20. The third-order valence-electron chi connectivity index (χ3n) is 2.33. The fourth-order valence-corrected chi connectivity index (χ4v) is 1.93. The first kappa shape index (κ1) is 10.6. The number of hydrogen-bond donors (Lipinski definition) is 0. The Morgan fingerprint density at radius 2 is 2.40 bits per heavy atom. The molecule has 0 radical (unpaired) electrons. The maximum atomic E-state index is 5.04. The quantitative estimate of drug-likeness (QED) is 0.798. The maximum Gasteiger partial charge on any atom is 0.0881 e. The van der Waals surface area contributed by atoms with Crippen LogP contribution in [0.15, 0.2) is 29.0 Å². The monoisotopic (exact) mass is 268 g/mol. The third kappa shape index (κ3) is 2.38. The highest BCUT2D eigenvalue weighted by atomic mass is 79.9. The summed E-state index contributed by atoms with van der Waals surface area (Å²) in [6.07, 6.45) is 4.91. The van der Waals surface area contributed by atoms with Crippen LogP contribution in [0.1, 0.15) is 6.42 Å². The average molecular weight is 269 g/mol. The van der Waals surface area contributed by atoms with Crippen LogP contribution in [0.25, 0.3) is 11.0 Å². The van der Waals surface area contributed by atoms with E-state index >= 15 is 0 Å². The summed E-state index contributed by atoms with van der Waals surface area (Å²) >= 11 is 3.43. The first-order chi connectivity index (χ1) is 7.31. The van der Waals surface area contributed by atoms with E-state index in [1.807, 2.05) is 12.3 Å². The van der Waals surface area contributed by atoms with Gasteiger partial charge in [0, 0.05) is 37.1 Å². The normalized spacial score (nSPS) is 11.1. The molecule has 0 N–H and O–H groups in total. The minimum atomic E-state index is 0.793. The summed E-state index contributed by atoms with van der Waals surface area (Å²) in [6.45, 7) is 1.76. The van der Waals surface area contributed by atoms with Crippen molar-refractivity contribution in [2.75, 3.05) is 13.7 Å². The largest absolute Gasteiger partial charge is 0.385 e. The summed E-state index contributed by atoms with van der Waals surface area (Å²) in [5.74, 6) is 0. The molecular weight excluding hydrogens is 256 g/mol. The number of methoxy groups -OCH3 is 1. The van der Waals surface area contributed by atoms with Crippen molar-refractivity contribution in [3.05, 3.63) is 29.0 Å². The van der Waals surface area contributed by atoms with E-state index in [1.54, 1.807) is 7.11 Å². The smallest absolute Gasteiger partial charge is 0.0881 e. The van der Waals surface area contributed by atoms with Gasteiger partial charge >= 0.3 is 0 Å². The van der Waals surface area contributed by atoms with E-state index < -0.39 is 0 Å². The molecule has 0 aliphatic carbocycles. The Morgan fingerprint density at radius 1 is 1.53 bits per heavy atom. The van der Waals surface area contributed by atoms with Gasteiger partial charge in [-0.3, -0.25) is 4.98 Å². The summed E-state index contributed by atoms with van der Waals surface area (Å²) < 4.78 is 8.25. The van der Waals surface area contributed by atoms with Crippen molar-refractivity contribution >= 4 is 27.0 Å². The second-order valence-electron chi connectivity index (χ2n) is 3.41. The van der Waals surface area contributed by atoms with Crippen LogP contribution in [0.5, 0.6) is 0 Å². The van der Waals surface area contributed by atoms with Gasteiger partial charge in [-0.2, -0.15) is 0 Å². The minimum absolute atomic E-state index is 0.793. The predicted octanol–water partition coefficient (Wildman–Crippen LogP) is 2.84.